The molecule has 31 heavy (non-hydrogen) atoms. The Kier molecular flexibility index (Phi) is 10.7. The normalized spacial score (nSPS) is 17.7. The third-order valence-electron chi connectivity index (χ3n) is 4.94. The van der Waals surface area contributed by atoms with Gasteiger partial charge in [0.25, 0.3) is 0 Å². The van der Waals surface area contributed by atoms with Crippen LogP contribution in [0.3, 0.4) is 0 Å². The van der Waals surface area contributed by atoms with E-state index < -0.39 is 18.2 Å². The van der Waals surface area contributed by atoms with Crippen LogP contribution in [0.15, 0.2) is 35.2 Å². The van der Waals surface area contributed by atoms with E-state index in [1.54, 1.807) is 11.8 Å². The fourth-order valence-electron chi connectivity index (χ4n) is 3.39. The summed E-state index contributed by atoms with van der Waals surface area (Å²) in [6.07, 6.45) is 0.836. The van der Waals surface area contributed by atoms with Crippen molar-refractivity contribution in [2.45, 2.75) is 50.1 Å². The molecular weight excluding hydrogens is 418 g/mol. The molecular formula is C22H33N3O5S. The third-order valence-corrected chi connectivity index (χ3v) is 5.92. The molecule has 1 fully saturated rings. The van der Waals surface area contributed by atoms with E-state index in [0.29, 0.717) is 31.6 Å². The van der Waals surface area contributed by atoms with Crippen molar-refractivity contribution in [3.63, 3.8) is 0 Å². The molecule has 1 aliphatic heterocycles. The fourth-order valence-corrected chi connectivity index (χ4v) is 4.14. The Balaban J connectivity index is 1.80. The van der Waals surface area contributed by atoms with Crippen molar-refractivity contribution in [2.75, 3.05) is 25.5 Å². The summed E-state index contributed by atoms with van der Waals surface area (Å²) in [5, 5.41) is 17.8. The maximum absolute atomic E-state index is 12.8. The maximum Gasteiger partial charge on any atom is 0.407 e. The summed E-state index contributed by atoms with van der Waals surface area (Å²) in [7, 11) is 0. The van der Waals surface area contributed by atoms with Crippen LogP contribution in [0.4, 0.5) is 4.79 Å². The summed E-state index contributed by atoms with van der Waals surface area (Å²) < 4.78 is 5.23. The predicted octanol–water partition coefficient (Wildman–Crippen LogP) is 1.92. The van der Waals surface area contributed by atoms with E-state index in [4.69, 9.17) is 4.74 Å². The highest BCUT2D eigenvalue weighted by Gasteiger charge is 2.30. The number of alkyl carbamates (subject to hydrolysis) is 1. The fraction of sp³-hybridized carbons (Fsp3) is 0.591. The Morgan fingerprint density at radius 1 is 1.26 bits per heavy atom. The van der Waals surface area contributed by atoms with Crippen molar-refractivity contribution in [1.29, 1.82) is 0 Å². The van der Waals surface area contributed by atoms with Gasteiger partial charge in [-0.25, -0.2) is 4.79 Å². The van der Waals surface area contributed by atoms with E-state index in [0.717, 1.165) is 4.90 Å². The molecule has 2 rings (SSSR count). The summed E-state index contributed by atoms with van der Waals surface area (Å²) in [5.74, 6) is 0.108. The molecule has 0 unspecified atom stereocenters. The lowest BCUT2D eigenvalue weighted by atomic mass is 9.97. The zero-order chi connectivity index (χ0) is 22.6. The second-order valence-corrected chi connectivity index (χ2v) is 9.19. The molecule has 1 aromatic carbocycles. The molecule has 0 aromatic heterocycles. The topological polar surface area (TPSA) is 117 Å². The van der Waals surface area contributed by atoms with Crippen molar-refractivity contribution in [3.05, 3.63) is 30.3 Å². The van der Waals surface area contributed by atoms with Crippen LogP contribution < -0.4 is 16.0 Å². The van der Waals surface area contributed by atoms with E-state index in [9.17, 15) is 19.5 Å². The molecule has 1 aliphatic rings. The lowest BCUT2D eigenvalue weighted by Gasteiger charge is -2.24. The Bertz CT molecular complexity index is 716. The summed E-state index contributed by atoms with van der Waals surface area (Å²) in [6.45, 7) is 4.47. The van der Waals surface area contributed by atoms with Crippen LogP contribution in [0.5, 0.6) is 0 Å². The van der Waals surface area contributed by atoms with E-state index in [1.807, 2.05) is 44.2 Å². The van der Waals surface area contributed by atoms with Crippen LogP contribution >= 0.6 is 11.8 Å². The van der Waals surface area contributed by atoms with Gasteiger partial charge in [-0.05, 0) is 37.3 Å². The van der Waals surface area contributed by atoms with Crippen LogP contribution in [0.25, 0.3) is 0 Å². The van der Waals surface area contributed by atoms with Gasteiger partial charge in [-0.2, -0.15) is 0 Å². The van der Waals surface area contributed by atoms with Gasteiger partial charge in [0.2, 0.25) is 11.8 Å². The smallest absolute Gasteiger partial charge is 0.407 e. The maximum atomic E-state index is 12.8. The van der Waals surface area contributed by atoms with Gasteiger partial charge < -0.3 is 25.8 Å². The number of carbonyl (C=O) groups is 3. The molecule has 0 bridgehead atoms. The molecule has 3 amide bonds. The van der Waals surface area contributed by atoms with Crippen molar-refractivity contribution in [2.24, 2.45) is 11.8 Å². The molecule has 1 saturated heterocycles. The molecule has 8 nitrogen and oxygen atoms in total. The van der Waals surface area contributed by atoms with E-state index in [2.05, 4.69) is 16.0 Å². The van der Waals surface area contributed by atoms with Crippen LogP contribution in [0.2, 0.25) is 0 Å². The standard InChI is InChI=1S/C22H33N3O5S/c1-15(2)12-19(21(28)24-17(14-26)13-16-8-9-23-20(16)27)25-22(29)30-10-11-31-18-6-4-3-5-7-18/h3-7,15-17,19,26H,8-14H2,1-2H3,(H,23,27)(H,24,28)(H,25,29)/t16-,17-,19-/m0/s1. The van der Waals surface area contributed by atoms with Gasteiger partial charge in [0.1, 0.15) is 12.6 Å². The van der Waals surface area contributed by atoms with Crippen LogP contribution in [0.1, 0.15) is 33.1 Å². The first kappa shape index (κ1) is 25.0. The minimum Gasteiger partial charge on any atom is -0.449 e. The van der Waals surface area contributed by atoms with Crippen LogP contribution in [-0.4, -0.2) is 60.6 Å². The Hall–Kier alpha value is -2.26. The zero-order valence-corrected chi connectivity index (χ0v) is 19.0. The van der Waals surface area contributed by atoms with Crippen molar-refractivity contribution in [3.8, 4) is 0 Å². The Morgan fingerprint density at radius 3 is 2.61 bits per heavy atom. The van der Waals surface area contributed by atoms with Crippen LogP contribution in [0, 0.1) is 11.8 Å². The summed E-state index contributed by atoms with van der Waals surface area (Å²) in [6, 6.07) is 8.49. The number of rotatable bonds is 12. The van der Waals surface area contributed by atoms with E-state index in [-0.39, 0.29) is 36.9 Å². The second kappa shape index (κ2) is 13.2. The number of ether oxygens (including phenoxy) is 1. The molecule has 4 N–H and O–H groups in total. The lowest BCUT2D eigenvalue weighted by Crippen LogP contribution is -2.51. The molecule has 0 aliphatic carbocycles. The first-order valence-electron chi connectivity index (χ1n) is 10.7. The highest BCUT2D eigenvalue weighted by Crippen LogP contribution is 2.17. The van der Waals surface area contributed by atoms with Crippen molar-refractivity contribution < 1.29 is 24.2 Å². The van der Waals surface area contributed by atoms with Gasteiger partial charge in [-0.3, -0.25) is 9.59 Å². The van der Waals surface area contributed by atoms with Crippen molar-refractivity contribution in [1.82, 2.24) is 16.0 Å². The number of benzene rings is 1. The number of hydrogen-bond donors (Lipinski definition) is 4. The average Bonchev–Trinajstić information content (AvgIpc) is 3.15. The zero-order valence-electron chi connectivity index (χ0n) is 18.1. The number of nitrogens with one attached hydrogen (secondary N) is 3. The third kappa shape index (κ3) is 9.18. The van der Waals surface area contributed by atoms with E-state index >= 15 is 0 Å². The highest BCUT2D eigenvalue weighted by molar-refractivity contribution is 7.99. The molecule has 9 heteroatoms. The predicted molar refractivity (Wildman–Crippen MR) is 120 cm³/mol. The number of aliphatic hydroxyl groups is 1. The molecule has 0 saturated carbocycles. The first-order valence-corrected chi connectivity index (χ1v) is 11.7. The number of aliphatic hydroxyl groups excluding tert-OH is 1. The number of thioether (sulfide) groups is 1. The molecule has 172 valence electrons. The SMILES string of the molecule is CC(C)C[C@H](NC(=O)OCCSc1ccccc1)C(=O)N[C@H](CO)C[C@@H]1CCNC1=O. The quantitative estimate of drug-likeness (QED) is 0.285. The molecule has 0 radical (unpaired) electrons. The summed E-state index contributed by atoms with van der Waals surface area (Å²) in [5.41, 5.74) is 0. The lowest BCUT2D eigenvalue weighted by molar-refractivity contribution is -0.126. The minimum atomic E-state index is -0.777. The Morgan fingerprint density at radius 2 is 2.00 bits per heavy atom. The average molecular weight is 452 g/mol. The van der Waals surface area contributed by atoms with Gasteiger partial charge in [0.05, 0.1) is 12.6 Å². The largest absolute Gasteiger partial charge is 0.449 e. The van der Waals surface area contributed by atoms with Gasteiger partial charge in [0.15, 0.2) is 0 Å². The minimum absolute atomic E-state index is 0.0542. The van der Waals surface area contributed by atoms with Gasteiger partial charge in [-0.1, -0.05) is 32.0 Å². The molecule has 1 heterocycles. The molecule has 0 spiro atoms. The van der Waals surface area contributed by atoms with Gasteiger partial charge >= 0.3 is 6.09 Å². The summed E-state index contributed by atoms with van der Waals surface area (Å²) in [4.78, 5) is 37.8. The molecule has 1 aromatic rings. The summed E-state index contributed by atoms with van der Waals surface area (Å²) >= 11 is 1.58. The monoisotopic (exact) mass is 451 g/mol. The van der Waals surface area contributed by atoms with E-state index in [1.165, 1.54) is 0 Å². The highest BCUT2D eigenvalue weighted by atomic mass is 32.2. The Labute approximate surface area is 187 Å². The molecule has 3 atom stereocenters. The second-order valence-electron chi connectivity index (χ2n) is 8.02. The van der Waals surface area contributed by atoms with Crippen molar-refractivity contribution >= 4 is 29.7 Å². The van der Waals surface area contributed by atoms with Gasteiger partial charge in [-0.15, -0.1) is 11.8 Å². The number of amides is 3. The number of hydrogen-bond acceptors (Lipinski definition) is 6. The first-order chi connectivity index (χ1) is 14.9. The van der Waals surface area contributed by atoms with Crippen LogP contribution in [-0.2, 0) is 14.3 Å². The van der Waals surface area contributed by atoms with Gasteiger partial charge in [0, 0.05) is 23.1 Å². The number of carbonyl (C=O) groups excluding carboxylic acids is 3.